The van der Waals surface area contributed by atoms with E-state index in [1.165, 1.54) is 6.07 Å². The molecular formula is C7H8ClN2O2+. The lowest BCUT2D eigenvalue weighted by Gasteiger charge is -1.95. The van der Waals surface area contributed by atoms with Crippen molar-refractivity contribution in [2.24, 2.45) is 5.84 Å². The number of hydrogen-bond donors (Lipinski definition) is 2. The van der Waals surface area contributed by atoms with Gasteiger partial charge in [0.2, 0.25) is 0 Å². The first-order valence-electron chi connectivity index (χ1n) is 3.26. The van der Waals surface area contributed by atoms with Crippen molar-refractivity contribution in [3.63, 3.8) is 0 Å². The van der Waals surface area contributed by atoms with Gasteiger partial charge in [-0.05, 0) is 12.1 Å². The van der Waals surface area contributed by atoms with Crippen LogP contribution in [0.5, 0.6) is 0 Å². The van der Waals surface area contributed by atoms with E-state index in [-0.39, 0.29) is 17.2 Å². The number of hydrogen-bond acceptors (Lipinski definition) is 2. The zero-order valence-corrected chi connectivity index (χ0v) is 6.95. The number of halogens is 1. The number of benzene rings is 1. The fourth-order valence-electron chi connectivity index (χ4n) is 0.876. The molecule has 0 fully saturated rings. The van der Waals surface area contributed by atoms with Gasteiger partial charge in [0.1, 0.15) is 0 Å². The molecule has 0 aliphatic rings. The van der Waals surface area contributed by atoms with Crippen LogP contribution in [0.15, 0.2) is 18.2 Å². The summed E-state index contributed by atoms with van der Waals surface area (Å²) in [5.41, 5.74) is 0.641. The molecule has 0 aromatic heterocycles. The van der Waals surface area contributed by atoms with Crippen LogP contribution in [0.4, 0.5) is 5.69 Å². The quantitative estimate of drug-likeness (QED) is 0.414. The van der Waals surface area contributed by atoms with E-state index in [1.807, 2.05) is 0 Å². The molecule has 0 aliphatic carbocycles. The second kappa shape index (κ2) is 3.51. The van der Waals surface area contributed by atoms with Crippen molar-refractivity contribution in [2.75, 3.05) is 0 Å². The molecule has 0 unspecified atom stereocenters. The number of hydrazine groups is 1. The second-order valence-corrected chi connectivity index (χ2v) is 2.69. The van der Waals surface area contributed by atoms with Crippen molar-refractivity contribution < 1.29 is 9.98 Å². The summed E-state index contributed by atoms with van der Waals surface area (Å²) in [4.78, 5) is 10.9. The van der Waals surface area contributed by atoms with Crippen LogP contribution < -0.4 is 5.84 Å². The lowest BCUT2D eigenvalue weighted by molar-refractivity contribution is -0.475. The molecule has 5 heteroatoms. The van der Waals surface area contributed by atoms with Gasteiger partial charge in [0, 0.05) is 11.1 Å². The van der Waals surface area contributed by atoms with Crippen LogP contribution in [0.2, 0.25) is 5.02 Å². The van der Waals surface area contributed by atoms with Crippen LogP contribution in [0.25, 0.3) is 0 Å². The van der Waals surface area contributed by atoms with Crippen molar-refractivity contribution in [3.05, 3.63) is 33.7 Å². The van der Waals surface area contributed by atoms with Gasteiger partial charge >= 0.3 is 0 Å². The van der Waals surface area contributed by atoms with E-state index in [9.17, 15) is 4.91 Å². The summed E-state index contributed by atoms with van der Waals surface area (Å²) < 4.78 is 0. The topological polar surface area (TPSA) is 66.3 Å². The Labute approximate surface area is 74.1 Å². The molecule has 0 atom stereocenters. The van der Waals surface area contributed by atoms with E-state index in [0.717, 1.165) is 0 Å². The summed E-state index contributed by atoms with van der Waals surface area (Å²) in [5.74, 6) is 4.97. The Morgan fingerprint density at radius 2 is 2.25 bits per heavy atom. The molecule has 1 rings (SSSR count). The molecule has 3 N–H and O–H groups in total. The predicted molar refractivity (Wildman–Crippen MR) is 44.8 cm³/mol. The fourth-order valence-corrected chi connectivity index (χ4v) is 1.04. The molecule has 1 aromatic carbocycles. The van der Waals surface area contributed by atoms with E-state index >= 15 is 0 Å². The molecule has 1 aromatic rings. The van der Waals surface area contributed by atoms with Gasteiger partial charge in [-0.2, -0.15) is 5.84 Å². The molecule has 0 heterocycles. The van der Waals surface area contributed by atoms with Gasteiger partial charge in [-0.25, -0.2) is 0 Å². The summed E-state index contributed by atoms with van der Waals surface area (Å²) in [6.45, 7) is -0.234. The average Bonchev–Trinajstić information content (AvgIpc) is 2.04. The maximum atomic E-state index is 10.7. The minimum atomic E-state index is -0.234. The van der Waals surface area contributed by atoms with Crippen LogP contribution in [0, 0.1) is 4.91 Å². The molecule has 0 spiro atoms. The number of aliphatic hydroxyl groups is 1. The predicted octanol–water partition coefficient (Wildman–Crippen LogP) is 1.12. The smallest absolute Gasteiger partial charge is 0.298 e. The van der Waals surface area contributed by atoms with Gasteiger partial charge in [-0.1, -0.05) is 11.6 Å². The maximum Gasteiger partial charge on any atom is 0.298 e. The van der Waals surface area contributed by atoms with Crippen molar-refractivity contribution >= 4 is 17.3 Å². The van der Waals surface area contributed by atoms with Gasteiger partial charge in [0.15, 0.2) is 4.87 Å². The van der Waals surface area contributed by atoms with Crippen LogP contribution in [0.3, 0.4) is 0 Å². The largest absolute Gasteiger partial charge is 0.391 e. The summed E-state index contributed by atoms with van der Waals surface area (Å²) in [6.07, 6.45) is 0. The van der Waals surface area contributed by atoms with Crippen molar-refractivity contribution in [1.29, 1.82) is 0 Å². The first-order chi connectivity index (χ1) is 5.65. The number of nitroso groups, excluding NO2 is 1. The molecule has 12 heavy (non-hydrogen) atoms. The van der Waals surface area contributed by atoms with E-state index in [2.05, 4.69) is 0 Å². The Morgan fingerprint density at radius 3 is 2.75 bits per heavy atom. The number of nitrogens with zero attached hydrogens (tertiary/aromatic N) is 1. The molecule has 0 radical (unpaired) electrons. The Morgan fingerprint density at radius 1 is 1.58 bits per heavy atom. The Bertz CT molecular complexity index is 314. The van der Waals surface area contributed by atoms with Crippen molar-refractivity contribution in [3.8, 4) is 0 Å². The Balaban J connectivity index is 3.21. The SMILES string of the molecule is N[N+](=O)c1cc(Cl)ccc1CO. The van der Waals surface area contributed by atoms with Gasteiger partial charge in [-0.3, -0.25) is 0 Å². The fraction of sp³-hybridized carbons (Fsp3) is 0.143. The van der Waals surface area contributed by atoms with Crippen LogP contribution in [-0.4, -0.2) is 9.98 Å². The van der Waals surface area contributed by atoms with Crippen LogP contribution in [-0.2, 0) is 6.61 Å². The van der Waals surface area contributed by atoms with Crippen LogP contribution in [0.1, 0.15) is 5.56 Å². The Hall–Kier alpha value is -1.13. The maximum absolute atomic E-state index is 10.7. The van der Waals surface area contributed by atoms with Gasteiger partial charge in [0.05, 0.1) is 17.1 Å². The van der Waals surface area contributed by atoms with E-state index < -0.39 is 0 Å². The van der Waals surface area contributed by atoms with Crippen LogP contribution >= 0.6 is 11.6 Å². The second-order valence-electron chi connectivity index (χ2n) is 2.26. The summed E-state index contributed by atoms with van der Waals surface area (Å²) in [7, 11) is 0. The number of aliphatic hydroxyl groups excluding tert-OH is 1. The molecule has 0 saturated heterocycles. The zero-order valence-electron chi connectivity index (χ0n) is 6.20. The van der Waals surface area contributed by atoms with Gasteiger partial charge in [-0.15, -0.1) is 0 Å². The summed E-state index contributed by atoms with van der Waals surface area (Å²) >= 11 is 5.62. The first kappa shape index (κ1) is 8.96. The van der Waals surface area contributed by atoms with Crippen molar-refractivity contribution in [1.82, 2.24) is 0 Å². The summed E-state index contributed by atoms with van der Waals surface area (Å²) in [5, 5.41) is 9.20. The molecular weight excluding hydrogens is 180 g/mol. The third kappa shape index (κ3) is 1.72. The average molecular weight is 188 g/mol. The Kier molecular flexibility index (Phi) is 2.62. The normalized spacial score (nSPS) is 9.83. The lowest BCUT2D eigenvalue weighted by atomic mass is 10.2. The number of rotatable bonds is 2. The van der Waals surface area contributed by atoms with E-state index in [0.29, 0.717) is 10.6 Å². The highest BCUT2D eigenvalue weighted by atomic mass is 35.5. The summed E-state index contributed by atoms with van der Waals surface area (Å²) in [6, 6.07) is 4.54. The molecule has 4 nitrogen and oxygen atoms in total. The molecule has 0 aliphatic heterocycles. The zero-order chi connectivity index (χ0) is 9.14. The van der Waals surface area contributed by atoms with Crippen molar-refractivity contribution in [2.45, 2.75) is 6.61 Å². The van der Waals surface area contributed by atoms with E-state index in [4.69, 9.17) is 22.6 Å². The molecule has 0 amide bonds. The highest BCUT2D eigenvalue weighted by Crippen LogP contribution is 2.21. The minimum Gasteiger partial charge on any atom is -0.391 e. The first-order valence-corrected chi connectivity index (χ1v) is 3.64. The number of nitrogens with two attached hydrogens (primary N) is 1. The molecule has 0 saturated carbocycles. The third-order valence-electron chi connectivity index (χ3n) is 1.46. The highest BCUT2D eigenvalue weighted by Gasteiger charge is 2.15. The standard InChI is InChI=1S/C7H8ClN2O2/c8-6-2-1-5(4-11)7(3-6)10(9)12/h1-3,11H,4H2,(H2,9,12)/q+1. The third-order valence-corrected chi connectivity index (χ3v) is 1.69. The lowest BCUT2D eigenvalue weighted by Crippen LogP contribution is -2.11. The minimum absolute atomic E-state index is 0.178. The molecule has 64 valence electrons. The highest BCUT2D eigenvalue weighted by molar-refractivity contribution is 6.30. The monoisotopic (exact) mass is 187 g/mol. The molecule has 0 bridgehead atoms. The van der Waals surface area contributed by atoms with Gasteiger partial charge in [0.25, 0.3) is 5.69 Å². The van der Waals surface area contributed by atoms with Gasteiger partial charge < -0.3 is 5.11 Å². The van der Waals surface area contributed by atoms with E-state index in [1.54, 1.807) is 12.1 Å².